The first-order valence-corrected chi connectivity index (χ1v) is 9.24. The number of phenolic OH excluding ortho intramolecular Hbond substituents is 1. The third-order valence-corrected chi connectivity index (χ3v) is 4.85. The molecule has 0 bridgehead atoms. The molecule has 0 spiro atoms. The number of nitrogens with zero attached hydrogens (tertiary/aromatic N) is 1. The molecule has 0 radical (unpaired) electrons. The Morgan fingerprint density at radius 2 is 1.69 bits per heavy atom. The molecule has 0 unspecified atom stereocenters. The maximum atomic E-state index is 12.9. The molecule has 0 saturated heterocycles. The Balaban J connectivity index is 1.85. The summed E-state index contributed by atoms with van der Waals surface area (Å²) in [7, 11) is 1.58. The maximum absolute atomic E-state index is 12.9. The lowest BCUT2D eigenvalue weighted by Gasteiger charge is -2.23. The van der Waals surface area contributed by atoms with Crippen LogP contribution in [0.1, 0.15) is 27.5 Å². The maximum Gasteiger partial charge on any atom is 0.252 e. The summed E-state index contributed by atoms with van der Waals surface area (Å²) in [6.07, 6.45) is 1.63. The molecule has 3 aromatic carbocycles. The lowest BCUT2D eigenvalue weighted by molar-refractivity contribution is 0.0942. The van der Waals surface area contributed by atoms with E-state index in [9.17, 15) is 9.90 Å². The van der Waals surface area contributed by atoms with E-state index >= 15 is 0 Å². The fourth-order valence-electron chi connectivity index (χ4n) is 3.41. The Morgan fingerprint density at radius 3 is 2.48 bits per heavy atom. The summed E-state index contributed by atoms with van der Waals surface area (Å²) in [5.41, 5.74) is 2.31. The average molecular weight is 384 g/mol. The number of carbonyl (C=O) groups excluding carboxylic acids is 1. The van der Waals surface area contributed by atoms with Crippen molar-refractivity contribution in [1.29, 1.82) is 0 Å². The predicted molar refractivity (Wildman–Crippen MR) is 112 cm³/mol. The van der Waals surface area contributed by atoms with Crippen LogP contribution in [0.3, 0.4) is 0 Å². The van der Waals surface area contributed by atoms with Crippen molar-refractivity contribution >= 4 is 16.8 Å². The van der Waals surface area contributed by atoms with Gasteiger partial charge in [-0.1, -0.05) is 54.6 Å². The standard InChI is InChI=1S/C24H20N2O3/c1-29-20-12-6-5-11-18(20)22(26-24(28)17-8-3-2-4-9-17)19-14-13-16-10-7-15-25-21(16)23(19)27/h2-15,22,27H,1H3,(H,26,28)/t22-/m1/s1. The Labute approximate surface area is 168 Å². The van der Waals surface area contributed by atoms with E-state index in [-0.39, 0.29) is 11.7 Å². The van der Waals surface area contributed by atoms with Crippen molar-refractivity contribution in [3.63, 3.8) is 0 Å². The second kappa shape index (κ2) is 8.02. The molecule has 0 aliphatic rings. The molecule has 0 saturated carbocycles. The summed E-state index contributed by atoms with van der Waals surface area (Å²) in [4.78, 5) is 17.2. The average Bonchev–Trinajstić information content (AvgIpc) is 2.79. The van der Waals surface area contributed by atoms with Crippen molar-refractivity contribution < 1.29 is 14.6 Å². The van der Waals surface area contributed by atoms with E-state index in [1.165, 1.54) is 0 Å². The van der Waals surface area contributed by atoms with Gasteiger partial charge < -0.3 is 15.2 Å². The van der Waals surface area contributed by atoms with E-state index in [0.717, 1.165) is 10.9 Å². The van der Waals surface area contributed by atoms with Crippen molar-refractivity contribution in [1.82, 2.24) is 10.3 Å². The third-order valence-electron chi connectivity index (χ3n) is 4.85. The van der Waals surface area contributed by atoms with Crippen molar-refractivity contribution in [2.24, 2.45) is 0 Å². The monoisotopic (exact) mass is 384 g/mol. The van der Waals surface area contributed by atoms with Gasteiger partial charge in [-0.05, 0) is 24.3 Å². The van der Waals surface area contributed by atoms with Gasteiger partial charge in [-0.25, -0.2) is 0 Å². The molecule has 2 N–H and O–H groups in total. The molecule has 4 aromatic rings. The number of hydrogen-bond donors (Lipinski definition) is 2. The lowest BCUT2D eigenvalue weighted by atomic mass is 9.95. The largest absolute Gasteiger partial charge is 0.505 e. The van der Waals surface area contributed by atoms with Crippen LogP contribution < -0.4 is 10.1 Å². The topological polar surface area (TPSA) is 71.5 Å². The molecule has 0 aliphatic carbocycles. The quantitative estimate of drug-likeness (QED) is 0.533. The minimum atomic E-state index is -0.620. The summed E-state index contributed by atoms with van der Waals surface area (Å²) >= 11 is 0. The van der Waals surface area contributed by atoms with Gasteiger partial charge in [0.25, 0.3) is 5.91 Å². The highest BCUT2D eigenvalue weighted by atomic mass is 16.5. The Morgan fingerprint density at radius 1 is 0.931 bits per heavy atom. The van der Waals surface area contributed by atoms with Gasteiger partial charge >= 0.3 is 0 Å². The van der Waals surface area contributed by atoms with Crippen molar-refractivity contribution in [2.45, 2.75) is 6.04 Å². The zero-order valence-electron chi connectivity index (χ0n) is 15.9. The molecule has 1 aromatic heterocycles. The van der Waals surface area contributed by atoms with E-state index in [2.05, 4.69) is 10.3 Å². The number of nitrogens with one attached hydrogen (secondary N) is 1. The minimum absolute atomic E-state index is 0.0346. The number of aromatic hydroxyl groups is 1. The van der Waals surface area contributed by atoms with Crippen LogP contribution in [0.4, 0.5) is 0 Å². The van der Waals surface area contributed by atoms with Crippen LogP contribution in [0.5, 0.6) is 11.5 Å². The van der Waals surface area contributed by atoms with E-state index in [0.29, 0.717) is 22.4 Å². The third kappa shape index (κ3) is 3.62. The number of ether oxygens (including phenoxy) is 1. The Hall–Kier alpha value is -3.86. The first-order chi connectivity index (χ1) is 14.2. The first kappa shape index (κ1) is 18.5. The fraction of sp³-hybridized carbons (Fsp3) is 0.0833. The molecule has 5 heteroatoms. The molecule has 1 amide bonds. The van der Waals surface area contributed by atoms with Crippen molar-refractivity contribution in [3.8, 4) is 11.5 Å². The highest BCUT2D eigenvalue weighted by Crippen LogP contribution is 2.37. The second-order valence-corrected chi connectivity index (χ2v) is 6.59. The summed E-state index contributed by atoms with van der Waals surface area (Å²) in [6, 6.07) is 23.2. The van der Waals surface area contributed by atoms with Gasteiger partial charge in [-0.3, -0.25) is 9.78 Å². The summed E-state index contributed by atoms with van der Waals surface area (Å²) in [5, 5.41) is 14.8. The van der Waals surface area contributed by atoms with E-state index in [4.69, 9.17) is 4.74 Å². The SMILES string of the molecule is COc1ccccc1[C@@H](NC(=O)c1ccccc1)c1ccc2cccnc2c1O. The van der Waals surface area contributed by atoms with Crippen LogP contribution in [0.2, 0.25) is 0 Å². The number of carbonyl (C=O) groups is 1. The van der Waals surface area contributed by atoms with Gasteiger partial charge in [-0.2, -0.15) is 0 Å². The normalized spacial score (nSPS) is 11.8. The Kier molecular flexibility index (Phi) is 5.12. The van der Waals surface area contributed by atoms with Gasteiger partial charge in [0.2, 0.25) is 0 Å². The summed E-state index contributed by atoms with van der Waals surface area (Å²) < 4.78 is 5.51. The number of amides is 1. The number of benzene rings is 3. The van der Waals surface area contributed by atoms with E-state index in [1.807, 2.05) is 66.7 Å². The van der Waals surface area contributed by atoms with Gasteiger partial charge in [0.15, 0.2) is 0 Å². The fourth-order valence-corrected chi connectivity index (χ4v) is 3.41. The number of para-hydroxylation sites is 1. The highest BCUT2D eigenvalue weighted by Gasteiger charge is 2.24. The molecule has 1 heterocycles. The molecule has 4 rings (SSSR count). The Bertz CT molecular complexity index is 1160. The molecule has 144 valence electrons. The zero-order chi connectivity index (χ0) is 20.2. The highest BCUT2D eigenvalue weighted by molar-refractivity contribution is 5.95. The van der Waals surface area contributed by atoms with Crippen LogP contribution in [0.15, 0.2) is 85.1 Å². The van der Waals surface area contributed by atoms with Gasteiger partial charge in [-0.15, -0.1) is 0 Å². The lowest BCUT2D eigenvalue weighted by Crippen LogP contribution is -2.29. The predicted octanol–water partition coefficient (Wildman–Crippen LogP) is 4.47. The molecular weight excluding hydrogens is 364 g/mol. The number of aromatic nitrogens is 1. The zero-order valence-corrected chi connectivity index (χ0v) is 15.9. The van der Waals surface area contributed by atoms with Gasteiger partial charge in [0.1, 0.15) is 17.0 Å². The molecular formula is C24H20N2O3. The van der Waals surface area contributed by atoms with Gasteiger partial charge in [0.05, 0.1) is 13.2 Å². The van der Waals surface area contributed by atoms with Crippen molar-refractivity contribution in [2.75, 3.05) is 7.11 Å². The second-order valence-electron chi connectivity index (χ2n) is 6.59. The number of rotatable bonds is 5. The van der Waals surface area contributed by atoms with E-state index < -0.39 is 6.04 Å². The van der Waals surface area contributed by atoms with Crippen LogP contribution in [0.25, 0.3) is 10.9 Å². The van der Waals surface area contributed by atoms with Gasteiger partial charge in [0, 0.05) is 28.3 Å². The van der Waals surface area contributed by atoms with Crippen LogP contribution in [0, 0.1) is 0 Å². The molecule has 29 heavy (non-hydrogen) atoms. The number of pyridine rings is 1. The van der Waals surface area contributed by atoms with Crippen LogP contribution in [-0.4, -0.2) is 23.1 Å². The van der Waals surface area contributed by atoms with E-state index in [1.54, 1.807) is 25.4 Å². The smallest absolute Gasteiger partial charge is 0.252 e. The number of hydrogen-bond acceptors (Lipinski definition) is 4. The molecule has 1 atom stereocenters. The minimum Gasteiger partial charge on any atom is -0.505 e. The summed E-state index contributed by atoms with van der Waals surface area (Å²) in [6.45, 7) is 0. The first-order valence-electron chi connectivity index (χ1n) is 9.24. The number of fused-ring (bicyclic) bond motifs is 1. The molecule has 0 aliphatic heterocycles. The molecule has 0 fully saturated rings. The van der Waals surface area contributed by atoms with Crippen molar-refractivity contribution in [3.05, 3.63) is 102 Å². The van der Waals surface area contributed by atoms with Crippen LogP contribution >= 0.6 is 0 Å². The summed E-state index contributed by atoms with van der Waals surface area (Å²) in [5.74, 6) is 0.403. The molecule has 5 nitrogen and oxygen atoms in total. The number of phenols is 1. The van der Waals surface area contributed by atoms with Crippen LogP contribution in [-0.2, 0) is 0 Å². The number of methoxy groups -OCH3 is 1.